The quantitative estimate of drug-likeness (QED) is 0.736. The number of aromatic nitrogens is 1. The topological polar surface area (TPSA) is 66.2 Å². The molecule has 0 aliphatic rings. The maximum atomic E-state index is 10.5. The summed E-state index contributed by atoms with van der Waals surface area (Å²) in [6.07, 6.45) is 4.74. The fourth-order valence-corrected chi connectivity index (χ4v) is 1.11. The maximum Gasteiger partial charge on any atom is 0.352 e. The molecule has 0 unspecified atom stereocenters. The van der Waals surface area contributed by atoms with Crippen molar-refractivity contribution in [2.45, 2.75) is 0 Å². The summed E-state index contributed by atoms with van der Waals surface area (Å²) < 4.78 is 4.88. The van der Waals surface area contributed by atoms with Crippen molar-refractivity contribution < 1.29 is 14.3 Å². The minimum Gasteiger partial charge on any atom is -0.477 e. The Bertz CT molecular complexity index is 414. The van der Waals surface area contributed by atoms with E-state index in [1.165, 1.54) is 0 Å². The van der Waals surface area contributed by atoms with Crippen molar-refractivity contribution in [3.63, 3.8) is 0 Å². The highest BCUT2D eigenvalue weighted by Crippen LogP contribution is 2.20. The van der Waals surface area contributed by atoms with Gasteiger partial charge in [-0.2, -0.15) is 0 Å². The molecule has 2 N–H and O–H groups in total. The van der Waals surface area contributed by atoms with Crippen LogP contribution in [0.4, 0.5) is 0 Å². The molecular weight excluding hydrogens is 170 g/mol. The predicted molar refractivity (Wildman–Crippen MR) is 45.5 cm³/mol. The molecule has 0 spiro atoms. The number of rotatable bonds is 2. The van der Waals surface area contributed by atoms with Gasteiger partial charge in [-0.05, 0) is 12.1 Å². The standard InChI is InChI=1S/C9H7NO3/c11-9(12)8-3-7(4-10-8)6-1-2-13-5-6/h1-5,10H,(H,11,12). The molecule has 13 heavy (non-hydrogen) atoms. The zero-order chi connectivity index (χ0) is 9.26. The molecular formula is C9H7NO3. The van der Waals surface area contributed by atoms with Crippen molar-refractivity contribution >= 4 is 5.97 Å². The van der Waals surface area contributed by atoms with Crippen molar-refractivity contribution in [2.24, 2.45) is 0 Å². The number of hydrogen-bond donors (Lipinski definition) is 2. The van der Waals surface area contributed by atoms with Gasteiger partial charge in [0.15, 0.2) is 0 Å². The van der Waals surface area contributed by atoms with Crippen LogP contribution in [0, 0.1) is 0 Å². The Kier molecular flexibility index (Phi) is 1.66. The number of aromatic amines is 1. The second-order valence-electron chi connectivity index (χ2n) is 2.62. The first-order valence-corrected chi connectivity index (χ1v) is 3.71. The third-order valence-electron chi connectivity index (χ3n) is 1.77. The molecule has 2 rings (SSSR count). The molecule has 0 atom stereocenters. The highest BCUT2D eigenvalue weighted by molar-refractivity contribution is 5.87. The van der Waals surface area contributed by atoms with Crippen LogP contribution in [0.15, 0.2) is 35.3 Å². The van der Waals surface area contributed by atoms with E-state index in [-0.39, 0.29) is 5.69 Å². The van der Waals surface area contributed by atoms with E-state index >= 15 is 0 Å². The largest absolute Gasteiger partial charge is 0.477 e. The van der Waals surface area contributed by atoms with Gasteiger partial charge in [0.2, 0.25) is 0 Å². The molecule has 2 heterocycles. The Morgan fingerprint density at radius 1 is 1.46 bits per heavy atom. The molecule has 2 aromatic rings. The van der Waals surface area contributed by atoms with Gasteiger partial charge in [-0.3, -0.25) is 0 Å². The van der Waals surface area contributed by atoms with Gasteiger partial charge >= 0.3 is 5.97 Å². The van der Waals surface area contributed by atoms with Crippen LogP contribution in [-0.4, -0.2) is 16.1 Å². The van der Waals surface area contributed by atoms with Crippen molar-refractivity contribution in [1.82, 2.24) is 4.98 Å². The summed E-state index contributed by atoms with van der Waals surface area (Å²) in [6.45, 7) is 0. The number of furan rings is 1. The van der Waals surface area contributed by atoms with Gasteiger partial charge in [0.25, 0.3) is 0 Å². The minimum atomic E-state index is -0.963. The van der Waals surface area contributed by atoms with Crippen LogP contribution in [0.5, 0.6) is 0 Å². The van der Waals surface area contributed by atoms with Gasteiger partial charge in [0, 0.05) is 17.3 Å². The molecule has 66 valence electrons. The molecule has 0 saturated heterocycles. The van der Waals surface area contributed by atoms with Crippen molar-refractivity contribution in [3.05, 3.63) is 36.5 Å². The van der Waals surface area contributed by atoms with Gasteiger partial charge in [0.05, 0.1) is 12.5 Å². The smallest absolute Gasteiger partial charge is 0.352 e. The second-order valence-corrected chi connectivity index (χ2v) is 2.62. The van der Waals surface area contributed by atoms with Crippen LogP contribution in [0.25, 0.3) is 11.1 Å². The third kappa shape index (κ3) is 1.33. The maximum absolute atomic E-state index is 10.5. The average Bonchev–Trinajstić information content (AvgIpc) is 2.75. The molecule has 0 saturated carbocycles. The number of carboxylic acid groups (broad SMARTS) is 1. The van der Waals surface area contributed by atoms with Gasteiger partial charge in [0.1, 0.15) is 5.69 Å². The molecule has 2 aromatic heterocycles. The minimum absolute atomic E-state index is 0.177. The summed E-state index contributed by atoms with van der Waals surface area (Å²) in [4.78, 5) is 13.2. The lowest BCUT2D eigenvalue weighted by Gasteiger charge is -1.85. The molecule has 0 bridgehead atoms. The third-order valence-corrected chi connectivity index (χ3v) is 1.77. The highest BCUT2D eigenvalue weighted by atomic mass is 16.4. The second kappa shape index (κ2) is 2.82. The number of hydrogen-bond acceptors (Lipinski definition) is 2. The Morgan fingerprint density at radius 2 is 2.31 bits per heavy atom. The first-order valence-electron chi connectivity index (χ1n) is 3.71. The van der Waals surface area contributed by atoms with Crippen molar-refractivity contribution in [3.8, 4) is 11.1 Å². The number of H-pyrrole nitrogens is 1. The Morgan fingerprint density at radius 3 is 2.85 bits per heavy atom. The monoisotopic (exact) mass is 177 g/mol. The lowest BCUT2D eigenvalue weighted by Crippen LogP contribution is -1.94. The number of carboxylic acids is 1. The van der Waals surface area contributed by atoms with Crippen molar-refractivity contribution in [2.75, 3.05) is 0 Å². The van der Waals surface area contributed by atoms with Crippen LogP contribution in [0.2, 0.25) is 0 Å². The van der Waals surface area contributed by atoms with Crippen LogP contribution in [0.1, 0.15) is 10.5 Å². The van der Waals surface area contributed by atoms with Gasteiger partial charge in [-0.25, -0.2) is 4.79 Å². The number of carbonyl (C=O) groups is 1. The number of aromatic carboxylic acids is 1. The summed E-state index contributed by atoms with van der Waals surface area (Å²) in [5.74, 6) is -0.963. The van der Waals surface area contributed by atoms with Crippen LogP contribution in [-0.2, 0) is 0 Å². The van der Waals surface area contributed by atoms with Gasteiger partial charge in [-0.1, -0.05) is 0 Å². The molecule has 0 amide bonds. The van der Waals surface area contributed by atoms with Crippen LogP contribution in [0.3, 0.4) is 0 Å². The van der Waals surface area contributed by atoms with E-state index in [0.29, 0.717) is 0 Å². The van der Waals surface area contributed by atoms with E-state index in [1.807, 2.05) is 0 Å². The molecule has 4 nitrogen and oxygen atoms in total. The molecule has 0 fully saturated rings. The highest BCUT2D eigenvalue weighted by Gasteiger charge is 2.07. The summed E-state index contributed by atoms with van der Waals surface area (Å²) in [6, 6.07) is 3.34. The van der Waals surface area contributed by atoms with E-state index in [9.17, 15) is 4.79 Å². The summed E-state index contributed by atoms with van der Waals surface area (Å²) in [7, 11) is 0. The summed E-state index contributed by atoms with van der Waals surface area (Å²) >= 11 is 0. The first-order chi connectivity index (χ1) is 6.27. The average molecular weight is 177 g/mol. The van der Waals surface area contributed by atoms with E-state index in [0.717, 1.165) is 11.1 Å². The van der Waals surface area contributed by atoms with Crippen molar-refractivity contribution in [1.29, 1.82) is 0 Å². The SMILES string of the molecule is O=C(O)c1cc(-c2ccoc2)c[nH]1. The number of nitrogens with one attached hydrogen (secondary N) is 1. The van der Waals surface area contributed by atoms with E-state index in [2.05, 4.69) is 4.98 Å². The Balaban J connectivity index is 2.39. The summed E-state index contributed by atoms with van der Waals surface area (Å²) in [5, 5.41) is 8.64. The Labute approximate surface area is 73.8 Å². The van der Waals surface area contributed by atoms with Gasteiger partial charge < -0.3 is 14.5 Å². The molecule has 0 aliphatic carbocycles. The first kappa shape index (κ1) is 7.67. The fraction of sp³-hybridized carbons (Fsp3) is 0. The Hall–Kier alpha value is -1.97. The molecule has 0 radical (unpaired) electrons. The molecule has 0 aromatic carbocycles. The van der Waals surface area contributed by atoms with Gasteiger partial charge in [-0.15, -0.1) is 0 Å². The lowest BCUT2D eigenvalue weighted by molar-refractivity contribution is 0.0691. The predicted octanol–water partition coefficient (Wildman–Crippen LogP) is 1.97. The van der Waals surface area contributed by atoms with E-state index in [1.54, 1.807) is 30.9 Å². The zero-order valence-corrected chi connectivity index (χ0v) is 6.65. The molecule has 0 aliphatic heterocycles. The van der Waals surface area contributed by atoms with E-state index in [4.69, 9.17) is 9.52 Å². The van der Waals surface area contributed by atoms with E-state index < -0.39 is 5.97 Å². The fourth-order valence-electron chi connectivity index (χ4n) is 1.11. The van der Waals surface area contributed by atoms with Crippen LogP contribution >= 0.6 is 0 Å². The molecule has 4 heteroatoms. The van der Waals surface area contributed by atoms with Crippen LogP contribution < -0.4 is 0 Å². The summed E-state index contributed by atoms with van der Waals surface area (Å²) in [5.41, 5.74) is 1.85. The lowest BCUT2D eigenvalue weighted by atomic mass is 10.2. The zero-order valence-electron chi connectivity index (χ0n) is 6.65. The normalized spacial score (nSPS) is 10.2.